The summed E-state index contributed by atoms with van der Waals surface area (Å²) in [6, 6.07) is 8.71. The van der Waals surface area contributed by atoms with Crippen LogP contribution < -0.4 is 5.32 Å². The number of hydrogen-bond donors (Lipinski definition) is 1. The van der Waals surface area contributed by atoms with Crippen molar-refractivity contribution in [3.8, 4) is 0 Å². The monoisotopic (exact) mass is 280 g/mol. The van der Waals surface area contributed by atoms with Crippen molar-refractivity contribution >= 4 is 27.4 Å². The molecule has 4 heteroatoms. The molecule has 1 N–H and O–H groups in total. The molecule has 0 bridgehead atoms. The zero-order valence-corrected chi connectivity index (χ0v) is 10.3. The van der Waals surface area contributed by atoms with Crippen LogP contribution in [0.25, 0.3) is 0 Å². The average Bonchev–Trinajstić information content (AvgIpc) is 2.27. The second-order valence-corrected chi connectivity index (χ2v) is 4.37. The molecule has 0 aliphatic carbocycles. The van der Waals surface area contributed by atoms with E-state index in [9.17, 15) is 4.39 Å². The molecule has 0 aliphatic rings. The quantitative estimate of drug-likeness (QED) is 0.898. The van der Waals surface area contributed by atoms with Gasteiger partial charge in [0.15, 0.2) is 0 Å². The molecule has 0 fully saturated rings. The lowest BCUT2D eigenvalue weighted by Crippen LogP contribution is -1.94. The highest BCUT2D eigenvalue weighted by atomic mass is 79.9. The molecule has 16 heavy (non-hydrogen) atoms. The maximum absolute atomic E-state index is 13.3. The maximum atomic E-state index is 13.3. The van der Waals surface area contributed by atoms with Crippen molar-refractivity contribution < 1.29 is 4.39 Å². The van der Waals surface area contributed by atoms with Gasteiger partial charge in [0.25, 0.3) is 0 Å². The SMILES string of the molecule is Cc1ccc(Nc2ccc(Br)cn2)cc1F. The van der Waals surface area contributed by atoms with E-state index < -0.39 is 0 Å². The third kappa shape index (κ3) is 2.58. The summed E-state index contributed by atoms with van der Waals surface area (Å²) in [5.41, 5.74) is 1.33. The van der Waals surface area contributed by atoms with Crippen molar-refractivity contribution in [3.63, 3.8) is 0 Å². The van der Waals surface area contributed by atoms with Crippen LogP contribution >= 0.6 is 15.9 Å². The van der Waals surface area contributed by atoms with E-state index in [2.05, 4.69) is 26.2 Å². The topological polar surface area (TPSA) is 24.9 Å². The Morgan fingerprint density at radius 2 is 2.06 bits per heavy atom. The molecular weight excluding hydrogens is 271 g/mol. The van der Waals surface area contributed by atoms with Crippen LogP contribution in [0.1, 0.15) is 5.56 Å². The summed E-state index contributed by atoms with van der Waals surface area (Å²) in [5.74, 6) is 0.466. The van der Waals surface area contributed by atoms with Crippen LogP contribution in [0.2, 0.25) is 0 Å². The third-order valence-corrected chi connectivity index (χ3v) is 2.64. The number of aryl methyl sites for hydroxylation is 1. The molecule has 1 aromatic heterocycles. The Hall–Kier alpha value is -1.42. The first-order chi connectivity index (χ1) is 7.65. The van der Waals surface area contributed by atoms with Crippen LogP contribution in [0.15, 0.2) is 41.0 Å². The fourth-order valence-corrected chi connectivity index (χ4v) is 1.50. The molecule has 0 atom stereocenters. The number of pyridine rings is 1. The lowest BCUT2D eigenvalue weighted by atomic mass is 10.2. The molecule has 1 aromatic carbocycles. The maximum Gasteiger partial charge on any atom is 0.130 e. The number of benzene rings is 1. The molecule has 2 nitrogen and oxygen atoms in total. The Kier molecular flexibility index (Phi) is 3.19. The zero-order chi connectivity index (χ0) is 11.5. The van der Waals surface area contributed by atoms with Gasteiger partial charge in [0.05, 0.1) is 0 Å². The number of aromatic nitrogens is 1. The van der Waals surface area contributed by atoms with Crippen molar-refractivity contribution in [3.05, 3.63) is 52.4 Å². The van der Waals surface area contributed by atoms with Gasteiger partial charge in [-0.2, -0.15) is 0 Å². The summed E-state index contributed by atoms with van der Waals surface area (Å²) in [6.07, 6.45) is 1.69. The summed E-state index contributed by atoms with van der Waals surface area (Å²) in [5, 5.41) is 3.03. The fraction of sp³-hybridized carbons (Fsp3) is 0.0833. The van der Waals surface area contributed by atoms with E-state index in [0.717, 1.165) is 4.47 Å². The second kappa shape index (κ2) is 4.61. The van der Waals surface area contributed by atoms with E-state index >= 15 is 0 Å². The van der Waals surface area contributed by atoms with Crippen molar-refractivity contribution in [2.24, 2.45) is 0 Å². The van der Waals surface area contributed by atoms with Crippen LogP contribution in [0.5, 0.6) is 0 Å². The first kappa shape index (κ1) is 11.1. The van der Waals surface area contributed by atoms with E-state index in [1.54, 1.807) is 19.2 Å². The van der Waals surface area contributed by atoms with Crippen LogP contribution in [-0.4, -0.2) is 4.98 Å². The van der Waals surface area contributed by atoms with Crippen LogP contribution in [0.4, 0.5) is 15.9 Å². The summed E-state index contributed by atoms with van der Waals surface area (Å²) in [4.78, 5) is 4.15. The third-order valence-electron chi connectivity index (χ3n) is 2.17. The van der Waals surface area contributed by atoms with E-state index in [-0.39, 0.29) is 5.82 Å². The minimum Gasteiger partial charge on any atom is -0.340 e. The van der Waals surface area contributed by atoms with Gasteiger partial charge in [-0.1, -0.05) is 6.07 Å². The minimum atomic E-state index is -0.220. The first-order valence-electron chi connectivity index (χ1n) is 4.80. The van der Waals surface area contributed by atoms with E-state index in [4.69, 9.17) is 0 Å². The van der Waals surface area contributed by atoms with E-state index in [1.165, 1.54) is 6.07 Å². The molecule has 0 amide bonds. The van der Waals surface area contributed by atoms with Crippen LogP contribution in [-0.2, 0) is 0 Å². The Labute approximate surface area is 102 Å². The van der Waals surface area contributed by atoms with Gasteiger partial charge in [-0.15, -0.1) is 0 Å². The van der Waals surface area contributed by atoms with Gasteiger partial charge in [-0.3, -0.25) is 0 Å². The van der Waals surface area contributed by atoms with Gasteiger partial charge < -0.3 is 5.32 Å². The Morgan fingerprint density at radius 1 is 1.25 bits per heavy atom. The number of halogens is 2. The number of nitrogens with zero attached hydrogens (tertiary/aromatic N) is 1. The van der Waals surface area contributed by atoms with Crippen molar-refractivity contribution in [1.82, 2.24) is 4.98 Å². The summed E-state index contributed by atoms with van der Waals surface area (Å²) < 4.78 is 14.2. The number of rotatable bonds is 2. The van der Waals surface area contributed by atoms with Gasteiger partial charge in [-0.25, -0.2) is 9.37 Å². The molecule has 0 spiro atoms. The molecule has 0 saturated carbocycles. The summed E-state index contributed by atoms with van der Waals surface area (Å²) in [6.45, 7) is 1.73. The molecule has 82 valence electrons. The Balaban J connectivity index is 2.20. The molecule has 1 heterocycles. The van der Waals surface area contributed by atoms with Crippen LogP contribution in [0, 0.1) is 12.7 Å². The predicted molar refractivity (Wildman–Crippen MR) is 66.4 cm³/mol. The molecule has 0 unspecified atom stereocenters. The van der Waals surface area contributed by atoms with Crippen molar-refractivity contribution in [2.75, 3.05) is 5.32 Å². The normalized spacial score (nSPS) is 10.2. The lowest BCUT2D eigenvalue weighted by Gasteiger charge is -2.06. The smallest absolute Gasteiger partial charge is 0.130 e. The Bertz CT molecular complexity index is 497. The van der Waals surface area contributed by atoms with Crippen LogP contribution in [0.3, 0.4) is 0 Å². The average molecular weight is 281 g/mol. The molecular formula is C12H10BrFN2. The highest BCUT2D eigenvalue weighted by molar-refractivity contribution is 9.10. The molecule has 2 rings (SSSR count). The minimum absolute atomic E-state index is 0.220. The highest BCUT2D eigenvalue weighted by Gasteiger charge is 2.00. The summed E-state index contributed by atoms with van der Waals surface area (Å²) >= 11 is 3.30. The standard InChI is InChI=1S/C12H10BrFN2/c1-8-2-4-10(6-11(8)14)16-12-5-3-9(13)7-15-12/h2-7H,1H3,(H,15,16). The van der Waals surface area contributed by atoms with Crippen molar-refractivity contribution in [1.29, 1.82) is 0 Å². The molecule has 0 saturated heterocycles. The number of hydrogen-bond acceptors (Lipinski definition) is 2. The zero-order valence-electron chi connectivity index (χ0n) is 8.67. The van der Waals surface area contributed by atoms with Gasteiger partial charge >= 0.3 is 0 Å². The van der Waals surface area contributed by atoms with Crippen molar-refractivity contribution in [2.45, 2.75) is 6.92 Å². The number of nitrogens with one attached hydrogen (secondary N) is 1. The van der Waals surface area contributed by atoms with E-state index in [0.29, 0.717) is 17.1 Å². The summed E-state index contributed by atoms with van der Waals surface area (Å²) in [7, 11) is 0. The van der Waals surface area contributed by atoms with Gasteiger partial charge in [0, 0.05) is 16.4 Å². The largest absolute Gasteiger partial charge is 0.340 e. The highest BCUT2D eigenvalue weighted by Crippen LogP contribution is 2.18. The van der Waals surface area contributed by atoms with E-state index in [1.807, 2.05) is 18.2 Å². The lowest BCUT2D eigenvalue weighted by molar-refractivity contribution is 0.619. The van der Waals surface area contributed by atoms with Gasteiger partial charge in [0.1, 0.15) is 11.6 Å². The molecule has 0 radical (unpaired) electrons. The molecule has 2 aromatic rings. The van der Waals surface area contributed by atoms with Gasteiger partial charge in [0.2, 0.25) is 0 Å². The Morgan fingerprint density at radius 3 is 2.69 bits per heavy atom. The first-order valence-corrected chi connectivity index (χ1v) is 5.59. The fourth-order valence-electron chi connectivity index (χ4n) is 1.27. The molecule has 0 aliphatic heterocycles. The second-order valence-electron chi connectivity index (χ2n) is 3.45. The number of anilines is 2. The predicted octanol–water partition coefficient (Wildman–Crippen LogP) is 4.04. The van der Waals surface area contributed by atoms with Gasteiger partial charge in [-0.05, 0) is 52.7 Å².